The third kappa shape index (κ3) is 6.76. The molecule has 0 saturated carbocycles. The van der Waals surface area contributed by atoms with Gasteiger partial charge in [-0.3, -0.25) is 9.59 Å². The van der Waals surface area contributed by atoms with Crippen molar-refractivity contribution in [1.29, 1.82) is 0 Å². The Labute approximate surface area is 256 Å². The maximum atomic E-state index is 12.8. The first-order chi connectivity index (χ1) is 20.7. The van der Waals surface area contributed by atoms with Crippen LogP contribution in [0.4, 0.5) is 5.00 Å². The lowest BCUT2D eigenvalue weighted by atomic mass is 9.88. The number of anilines is 1. The van der Waals surface area contributed by atoms with E-state index in [2.05, 4.69) is 22.8 Å². The highest BCUT2D eigenvalue weighted by molar-refractivity contribution is 7.17. The maximum Gasteiger partial charge on any atom is 0.343 e. The Bertz CT molecular complexity index is 1750. The van der Waals surface area contributed by atoms with E-state index in [-0.39, 0.29) is 17.4 Å². The van der Waals surface area contributed by atoms with Crippen LogP contribution in [-0.4, -0.2) is 36.6 Å². The van der Waals surface area contributed by atoms with Crippen LogP contribution in [-0.2, 0) is 27.2 Å². The van der Waals surface area contributed by atoms with Crippen LogP contribution >= 0.6 is 22.9 Å². The zero-order valence-electron chi connectivity index (χ0n) is 23.4. The number of fused-ring (bicyclic) bond motifs is 2. The predicted molar refractivity (Wildman–Crippen MR) is 166 cm³/mol. The Morgan fingerprint density at radius 1 is 1.02 bits per heavy atom. The average Bonchev–Trinajstić information content (AvgIpc) is 3.35. The summed E-state index contributed by atoms with van der Waals surface area (Å²) in [5.41, 5.74) is 4.13. The van der Waals surface area contributed by atoms with E-state index in [1.165, 1.54) is 17.6 Å². The van der Waals surface area contributed by atoms with Gasteiger partial charge in [-0.1, -0.05) is 48.9 Å². The molecule has 0 bridgehead atoms. The molecular formula is C32H28ClN3O6S. The summed E-state index contributed by atoms with van der Waals surface area (Å²) in [7, 11) is 0. The van der Waals surface area contributed by atoms with Crippen molar-refractivity contribution >= 4 is 68.7 Å². The standard InChI is InChI=1S/C32H28ClN3O6S/c1-3-41-32(40)27-23-14-8-18(2)16-26(23)43-30(27)35-28(37)29(38)36-34-17-24-22-7-5-4-6-19(22)11-15-25(24)42-31(39)20-9-12-21(33)13-10-20/h4-7,9-13,15,17-18H,3,8,14,16H2,1-2H3,(H,35,37)(H,36,38)/b34-17-/t18-/m1/s1. The Balaban J connectivity index is 1.34. The molecule has 0 unspecified atom stereocenters. The second-order valence-corrected chi connectivity index (χ2v) is 11.6. The second-order valence-electron chi connectivity index (χ2n) is 10.0. The first-order valence-electron chi connectivity index (χ1n) is 13.7. The third-order valence-electron chi connectivity index (χ3n) is 7.00. The lowest BCUT2D eigenvalue weighted by Crippen LogP contribution is -2.32. The highest BCUT2D eigenvalue weighted by atomic mass is 35.5. The van der Waals surface area contributed by atoms with Gasteiger partial charge in [0.05, 0.1) is 23.9 Å². The fourth-order valence-corrected chi connectivity index (χ4v) is 6.39. The number of amides is 2. The van der Waals surface area contributed by atoms with Gasteiger partial charge in [-0.15, -0.1) is 11.3 Å². The smallest absolute Gasteiger partial charge is 0.343 e. The van der Waals surface area contributed by atoms with Crippen LogP contribution in [0.1, 0.15) is 57.0 Å². The van der Waals surface area contributed by atoms with E-state index in [0.29, 0.717) is 39.4 Å². The van der Waals surface area contributed by atoms with E-state index < -0.39 is 23.8 Å². The van der Waals surface area contributed by atoms with Crippen LogP contribution in [0.3, 0.4) is 0 Å². The first kappa shape index (κ1) is 29.9. The van der Waals surface area contributed by atoms with Gasteiger partial charge in [0.15, 0.2) is 0 Å². The number of hydrazone groups is 1. The second kappa shape index (κ2) is 13.2. The van der Waals surface area contributed by atoms with Gasteiger partial charge in [-0.25, -0.2) is 15.0 Å². The number of rotatable bonds is 7. The van der Waals surface area contributed by atoms with Crippen LogP contribution in [0.2, 0.25) is 5.02 Å². The summed E-state index contributed by atoms with van der Waals surface area (Å²) in [6.07, 6.45) is 3.72. The van der Waals surface area contributed by atoms with E-state index in [1.54, 1.807) is 43.3 Å². The third-order valence-corrected chi connectivity index (χ3v) is 8.42. The number of carbonyl (C=O) groups excluding carboxylic acids is 4. The zero-order chi connectivity index (χ0) is 30.5. The lowest BCUT2D eigenvalue weighted by molar-refractivity contribution is -0.136. The first-order valence-corrected chi connectivity index (χ1v) is 14.9. The molecule has 3 aromatic carbocycles. The van der Waals surface area contributed by atoms with Crippen LogP contribution in [0.5, 0.6) is 5.75 Å². The van der Waals surface area contributed by atoms with Crippen LogP contribution in [0.25, 0.3) is 10.8 Å². The maximum absolute atomic E-state index is 12.8. The van der Waals surface area contributed by atoms with E-state index in [1.807, 2.05) is 24.3 Å². The molecule has 1 heterocycles. The monoisotopic (exact) mass is 617 g/mol. The van der Waals surface area contributed by atoms with Crippen molar-refractivity contribution < 1.29 is 28.7 Å². The van der Waals surface area contributed by atoms with Crippen LogP contribution in [0, 0.1) is 5.92 Å². The molecule has 1 aliphatic carbocycles. The van der Waals surface area contributed by atoms with Gasteiger partial charge in [0.25, 0.3) is 0 Å². The highest BCUT2D eigenvalue weighted by Crippen LogP contribution is 2.40. The fourth-order valence-electron chi connectivity index (χ4n) is 4.87. The van der Waals surface area contributed by atoms with E-state index in [9.17, 15) is 19.2 Å². The summed E-state index contributed by atoms with van der Waals surface area (Å²) in [6.45, 7) is 4.03. The number of esters is 2. The van der Waals surface area contributed by atoms with Gasteiger partial charge < -0.3 is 14.8 Å². The summed E-state index contributed by atoms with van der Waals surface area (Å²) in [5, 5.41) is 8.89. The number of halogens is 1. The summed E-state index contributed by atoms with van der Waals surface area (Å²) >= 11 is 7.22. The number of carbonyl (C=O) groups is 4. The molecule has 1 aliphatic rings. The van der Waals surface area contributed by atoms with Crippen LogP contribution < -0.4 is 15.5 Å². The van der Waals surface area contributed by atoms with Gasteiger partial charge in [-0.2, -0.15) is 5.10 Å². The minimum absolute atomic E-state index is 0.188. The molecule has 11 heteroatoms. The molecule has 2 N–H and O–H groups in total. The minimum Gasteiger partial charge on any atom is -0.462 e. The molecule has 9 nitrogen and oxygen atoms in total. The van der Waals surface area contributed by atoms with Crippen molar-refractivity contribution in [2.45, 2.75) is 33.1 Å². The average molecular weight is 618 g/mol. The molecule has 220 valence electrons. The van der Waals surface area contributed by atoms with E-state index in [0.717, 1.165) is 28.7 Å². The van der Waals surface area contributed by atoms with Gasteiger partial charge >= 0.3 is 23.8 Å². The molecule has 0 radical (unpaired) electrons. The number of nitrogens with one attached hydrogen (secondary N) is 2. The lowest BCUT2D eigenvalue weighted by Gasteiger charge is -2.18. The van der Waals surface area contributed by atoms with Gasteiger partial charge in [-0.05, 0) is 78.8 Å². The molecule has 0 saturated heterocycles. The molecule has 1 atom stereocenters. The summed E-state index contributed by atoms with van der Waals surface area (Å²) in [6, 6.07) is 17.1. The van der Waals surface area contributed by atoms with Crippen molar-refractivity contribution in [3.8, 4) is 5.75 Å². The van der Waals surface area contributed by atoms with E-state index in [4.69, 9.17) is 21.1 Å². The number of ether oxygens (including phenoxy) is 2. The topological polar surface area (TPSA) is 123 Å². The zero-order valence-corrected chi connectivity index (χ0v) is 25.0. The quantitative estimate of drug-likeness (QED) is 0.0841. The molecule has 0 aliphatic heterocycles. The highest BCUT2D eigenvalue weighted by Gasteiger charge is 2.30. The van der Waals surface area contributed by atoms with Crippen molar-refractivity contribution in [1.82, 2.24) is 5.43 Å². The fraction of sp³-hybridized carbons (Fsp3) is 0.219. The van der Waals surface area contributed by atoms with Gasteiger partial charge in [0.2, 0.25) is 0 Å². The molecule has 4 aromatic rings. The molecule has 0 fully saturated rings. The summed E-state index contributed by atoms with van der Waals surface area (Å²) in [5.74, 6) is -2.49. The number of hydrogen-bond donors (Lipinski definition) is 2. The molecule has 1 aromatic heterocycles. The van der Waals surface area contributed by atoms with Gasteiger partial charge in [0.1, 0.15) is 10.8 Å². The Morgan fingerprint density at radius 2 is 1.79 bits per heavy atom. The number of nitrogens with zero attached hydrogens (tertiary/aromatic N) is 1. The SMILES string of the molecule is CCOC(=O)c1c(NC(=O)C(=O)N/N=C\c2c(OC(=O)c3ccc(Cl)cc3)ccc3ccccc23)sc2c1CC[C@@H](C)C2. The Morgan fingerprint density at radius 3 is 2.56 bits per heavy atom. The Kier molecular flexibility index (Phi) is 9.18. The molecule has 43 heavy (non-hydrogen) atoms. The Hall–Kier alpha value is -4.54. The number of thiophene rings is 1. The normalized spacial score (nSPS) is 14.3. The summed E-state index contributed by atoms with van der Waals surface area (Å²) < 4.78 is 10.9. The molecular weight excluding hydrogens is 590 g/mol. The molecule has 5 rings (SSSR count). The van der Waals surface area contributed by atoms with Gasteiger partial charge in [0, 0.05) is 15.5 Å². The number of hydrogen-bond acceptors (Lipinski definition) is 8. The van der Waals surface area contributed by atoms with Crippen LogP contribution in [0.15, 0.2) is 65.8 Å². The molecule has 0 spiro atoms. The predicted octanol–water partition coefficient (Wildman–Crippen LogP) is 6.16. The molecule has 2 amide bonds. The van der Waals surface area contributed by atoms with Crippen molar-refractivity contribution in [2.75, 3.05) is 11.9 Å². The van der Waals surface area contributed by atoms with Crippen molar-refractivity contribution in [2.24, 2.45) is 11.0 Å². The largest absolute Gasteiger partial charge is 0.462 e. The summed E-state index contributed by atoms with van der Waals surface area (Å²) in [4.78, 5) is 52.1. The minimum atomic E-state index is -1.04. The number of benzene rings is 3. The van der Waals surface area contributed by atoms with E-state index >= 15 is 0 Å². The van der Waals surface area contributed by atoms with Crippen molar-refractivity contribution in [3.63, 3.8) is 0 Å². The van der Waals surface area contributed by atoms with Crippen molar-refractivity contribution in [3.05, 3.63) is 92.8 Å².